The van der Waals surface area contributed by atoms with Crippen LogP contribution in [-0.4, -0.2) is 214 Å². The van der Waals surface area contributed by atoms with Gasteiger partial charge in [-0.2, -0.15) is 0 Å². The summed E-state index contributed by atoms with van der Waals surface area (Å²) in [4.78, 5) is 165. The number of nitrogens with two attached hydrogens (primary N) is 1. The van der Waals surface area contributed by atoms with Crippen molar-refractivity contribution in [1.82, 2.24) is 46.8 Å². The van der Waals surface area contributed by atoms with E-state index in [1.165, 1.54) is 12.0 Å². The molecule has 31 nitrogen and oxygen atoms in total. The van der Waals surface area contributed by atoms with E-state index in [4.69, 9.17) is 45.4 Å². The highest BCUT2D eigenvalue weighted by Gasteiger charge is 2.41. The van der Waals surface area contributed by atoms with Crippen LogP contribution in [0.15, 0.2) is 53.9 Å². The second kappa shape index (κ2) is 54.8. The molecule has 115 heavy (non-hydrogen) atoms. The number of piperidine rings is 1. The van der Waals surface area contributed by atoms with E-state index in [0.29, 0.717) is 88.8 Å². The van der Waals surface area contributed by atoms with Crippen LogP contribution in [0.5, 0.6) is 0 Å². The number of primary amides is 1. The zero-order valence-electron chi connectivity index (χ0n) is 70.0. The van der Waals surface area contributed by atoms with Crippen molar-refractivity contribution in [3.8, 4) is 12.3 Å². The molecule has 1 fully saturated rings. The molecule has 1 saturated heterocycles. The summed E-state index contributed by atoms with van der Waals surface area (Å²) in [6, 6.07) is 9.52. The molecule has 32 heteroatoms. The largest absolute Gasteiger partial charge is 0.481 e. The van der Waals surface area contributed by atoms with Gasteiger partial charge in [-0.05, 0) is 120 Å². The van der Waals surface area contributed by atoms with Gasteiger partial charge in [0.2, 0.25) is 29.5 Å². The van der Waals surface area contributed by atoms with Crippen molar-refractivity contribution >= 4 is 88.1 Å². The summed E-state index contributed by atoms with van der Waals surface area (Å²) in [7, 11) is 1.92. The fourth-order valence-electron chi connectivity index (χ4n) is 11.9. The molecule has 1 aliphatic heterocycles. The third kappa shape index (κ3) is 40.0. The first kappa shape index (κ1) is 100. The number of carboxylic acid groups (broad SMARTS) is 1. The number of aryl methyl sites for hydroxylation is 1. The minimum Gasteiger partial charge on any atom is -0.481 e. The number of nitrogens with one attached hydrogen (secondary N) is 7. The first-order valence-electron chi connectivity index (χ1n) is 40.0. The first-order chi connectivity index (χ1) is 54.6. The van der Waals surface area contributed by atoms with Gasteiger partial charge in [0, 0.05) is 81.6 Å². The summed E-state index contributed by atoms with van der Waals surface area (Å²) in [5.74, 6) is -2.77. The van der Waals surface area contributed by atoms with E-state index in [0.717, 1.165) is 47.4 Å². The van der Waals surface area contributed by atoms with Gasteiger partial charge in [-0.15, -0.1) is 23.7 Å². The molecule has 2 heterocycles. The Morgan fingerprint density at radius 1 is 0.730 bits per heavy atom. The van der Waals surface area contributed by atoms with Gasteiger partial charge in [0.25, 0.3) is 11.8 Å². The van der Waals surface area contributed by atoms with Crippen molar-refractivity contribution < 1.29 is 95.9 Å². The molecule has 9 amide bonds. The number of aromatic nitrogens is 1. The predicted molar refractivity (Wildman–Crippen MR) is 435 cm³/mol. The smallest absolute Gasteiger partial charge is 0.312 e. The minimum absolute atomic E-state index is 0.00254. The molecule has 8 atom stereocenters. The average molecular weight is 1630 g/mol. The van der Waals surface area contributed by atoms with Crippen LogP contribution >= 0.6 is 11.3 Å². The van der Waals surface area contributed by atoms with Crippen LogP contribution in [0.4, 0.5) is 10.5 Å². The van der Waals surface area contributed by atoms with Gasteiger partial charge in [-0.1, -0.05) is 117 Å². The number of thiazole rings is 1. The number of anilines is 1. The molecule has 1 aliphatic rings. The number of amides is 9. The number of carbonyl (C=O) groups is 12. The Hall–Kier alpha value is -8.97. The molecule has 0 saturated carbocycles. The summed E-state index contributed by atoms with van der Waals surface area (Å²) in [6.45, 7) is 27.1. The number of hydrogen-bond donors (Lipinski definition) is 9. The number of unbranched alkanes of at least 4 members (excludes halogenated alkanes) is 1. The number of hydrogen-bond acceptors (Lipinski definition) is 22. The van der Waals surface area contributed by atoms with Crippen LogP contribution in [0.3, 0.4) is 0 Å². The SMILES string of the molecule is C#CCCCON(C(=O)[C@@H](NC(=O)[C@H]1CCCCN1C)[C@@H](C)CC)[C@H](C[C@@H](OC(C)=O)c1nc(C(=O)N[C@@H](Cc2ccc(C)cc2)CC(C)(C)C(=O)O)cs1)C(C)C.CCC(=O)OCc1ccc(NC(=O)[C@H](CCCNC(N)=O)NC(=O)[C@@H](NC(=O)CCOCCOCCOCCOCCNC(=O)CCC(=O)C(C)C)C(C)C)cc1. The van der Waals surface area contributed by atoms with E-state index in [2.05, 4.69) is 48.1 Å². The van der Waals surface area contributed by atoms with Crippen LogP contribution in [0.2, 0.25) is 0 Å². The number of hydroxylamine groups is 2. The number of urea groups is 1. The van der Waals surface area contributed by atoms with Crippen molar-refractivity contribution in [3.63, 3.8) is 0 Å². The van der Waals surface area contributed by atoms with Crippen molar-refractivity contribution in [2.45, 2.75) is 235 Å². The molecule has 0 spiro atoms. The monoisotopic (exact) mass is 1630 g/mol. The number of Topliss-reactive ketones (excluding diaryl/α,β-unsaturated/α-hetero) is 1. The molecule has 642 valence electrons. The van der Waals surface area contributed by atoms with E-state index in [1.54, 1.807) is 64.3 Å². The molecule has 0 radical (unpaired) electrons. The number of aliphatic carboxylic acids is 1. The molecule has 2 aromatic carbocycles. The Balaban J connectivity index is 0.000000595. The number of likely N-dealkylation sites (N-methyl/N-ethyl adjacent to an activating group) is 1. The quantitative estimate of drug-likeness (QED) is 0.0111. The second-order valence-corrected chi connectivity index (χ2v) is 31.2. The van der Waals surface area contributed by atoms with Gasteiger partial charge < -0.3 is 76.5 Å². The number of ether oxygens (including phenoxy) is 6. The minimum atomic E-state index is -1.11. The number of nitrogens with zero attached hydrogens (tertiary/aromatic N) is 3. The number of esters is 2. The Kier molecular flexibility index (Phi) is 47.8. The topological polar surface area (TPSA) is 419 Å². The van der Waals surface area contributed by atoms with E-state index < -0.39 is 89.2 Å². The predicted octanol–water partition coefficient (Wildman–Crippen LogP) is 8.23. The molecule has 10 N–H and O–H groups in total. The fourth-order valence-corrected chi connectivity index (χ4v) is 12.7. The molecule has 0 bridgehead atoms. The maximum atomic E-state index is 14.7. The fraction of sp³-hybridized carbons (Fsp3) is 0.651. The van der Waals surface area contributed by atoms with Crippen LogP contribution in [0.1, 0.15) is 211 Å². The van der Waals surface area contributed by atoms with E-state index in [-0.39, 0.29) is 143 Å². The number of likely N-dealkylation sites (tertiary alicyclic amines) is 1. The number of terminal acetylenes is 1. The van der Waals surface area contributed by atoms with Crippen molar-refractivity contribution in [3.05, 3.63) is 81.3 Å². The van der Waals surface area contributed by atoms with Crippen LogP contribution in [-0.2, 0) is 94.2 Å². The molecule has 1 aromatic heterocycles. The molecule has 0 aliphatic carbocycles. The zero-order chi connectivity index (χ0) is 85.6. The Labute approximate surface area is 682 Å². The Morgan fingerprint density at radius 2 is 1.37 bits per heavy atom. The van der Waals surface area contributed by atoms with Gasteiger partial charge in [0.1, 0.15) is 41.2 Å². The van der Waals surface area contributed by atoms with E-state index in [9.17, 15) is 62.6 Å². The number of ketones is 1. The standard InChI is InChI=1S/C44H65N5O8S.C39H64N6O12/c1-11-13-16-23-56-49(42(53)38(30(6)12-2)47-40(52)35-17-14-15-22-48(35)10)36(28(3)4)25-37(57-31(7)50)41-46-34(27-58-41)39(51)45-33(26-44(8,9)43(54)55)24-32-20-18-29(5)19-21-32;1-6-35(49)57-26-29-9-11-30(12-10-29)43-37(50)31(8-7-16-42-39(40)52)44-38(51)36(28(4)5)45-34(48)15-18-53-20-22-55-24-25-56-23-21-54-19-17-41-33(47)14-13-32(46)27(2)3/h1,18-21,27-28,30,33,35-38H,12-17,22-26H2,2-10H3,(H,45,51)(H,47,52)(H,54,55);9-12,27-28,31,36H,6-8,13-26H2,1-5H3,(H,41,47)(H,43,50)(H,44,51)(H,45,48)(H3,40,42,52)/t30-,33-,35+,36+,37+,38-;31-,36-/m00/s1. The average Bonchev–Trinajstić information content (AvgIpc) is 1.38. The third-order valence-corrected chi connectivity index (χ3v) is 20.0. The Morgan fingerprint density at radius 3 is 1.94 bits per heavy atom. The summed E-state index contributed by atoms with van der Waals surface area (Å²) < 4.78 is 32.8. The van der Waals surface area contributed by atoms with E-state index in [1.807, 2.05) is 84.7 Å². The van der Waals surface area contributed by atoms with Gasteiger partial charge in [-0.25, -0.2) is 14.8 Å². The van der Waals surface area contributed by atoms with Gasteiger partial charge in [-0.3, -0.25) is 62.5 Å². The highest BCUT2D eigenvalue weighted by Crippen LogP contribution is 2.33. The van der Waals surface area contributed by atoms with Crippen molar-refractivity contribution in [1.29, 1.82) is 0 Å². The van der Waals surface area contributed by atoms with Gasteiger partial charge in [0.05, 0.1) is 77.0 Å². The molecule has 4 rings (SSSR count). The second-order valence-electron chi connectivity index (χ2n) is 30.3. The first-order valence-corrected chi connectivity index (χ1v) is 40.9. The van der Waals surface area contributed by atoms with Crippen LogP contribution < -0.4 is 43.0 Å². The third-order valence-electron chi connectivity index (χ3n) is 19.1. The lowest BCUT2D eigenvalue weighted by Crippen LogP contribution is -2.58. The lowest BCUT2D eigenvalue weighted by molar-refractivity contribution is -0.213. The molecular formula is C83H129N11O20S. The molecule has 3 aromatic rings. The lowest BCUT2D eigenvalue weighted by atomic mass is 9.84. The van der Waals surface area contributed by atoms with Crippen LogP contribution in [0.25, 0.3) is 0 Å². The highest BCUT2D eigenvalue weighted by atomic mass is 32.1. The van der Waals surface area contributed by atoms with Crippen molar-refractivity contribution in [2.24, 2.45) is 34.8 Å². The number of carbonyl (C=O) groups excluding carboxylic acids is 11. The number of benzene rings is 2. The molecular weight excluding hydrogens is 1500 g/mol. The van der Waals surface area contributed by atoms with Gasteiger partial charge >= 0.3 is 23.9 Å². The summed E-state index contributed by atoms with van der Waals surface area (Å²) >= 11 is 1.14. The van der Waals surface area contributed by atoms with Crippen molar-refractivity contribution in [2.75, 3.05) is 91.5 Å². The maximum Gasteiger partial charge on any atom is 0.312 e. The lowest BCUT2D eigenvalue weighted by Gasteiger charge is -2.39. The number of rotatable bonds is 54. The normalized spacial score (nSPS) is 14.7. The summed E-state index contributed by atoms with van der Waals surface area (Å²) in [5.41, 5.74) is 7.34. The highest BCUT2D eigenvalue weighted by molar-refractivity contribution is 7.09. The zero-order valence-corrected chi connectivity index (χ0v) is 70.8. The molecule has 0 unspecified atom stereocenters. The summed E-state index contributed by atoms with van der Waals surface area (Å²) in [6.07, 6.45) is 10.6. The Bertz CT molecular complexity index is 3550. The number of carboxylic acids is 1. The maximum absolute atomic E-state index is 14.7. The summed E-state index contributed by atoms with van der Waals surface area (Å²) in [5, 5.41) is 32.6. The van der Waals surface area contributed by atoms with Crippen LogP contribution in [0, 0.1) is 48.4 Å². The van der Waals surface area contributed by atoms with E-state index >= 15 is 0 Å². The van der Waals surface area contributed by atoms with Gasteiger partial charge in [0.15, 0.2) is 6.10 Å².